The molecule has 0 radical (unpaired) electrons. The number of amides is 1. The summed E-state index contributed by atoms with van der Waals surface area (Å²) in [6, 6.07) is 0.321. The summed E-state index contributed by atoms with van der Waals surface area (Å²) in [6.07, 6.45) is 3.68. The van der Waals surface area contributed by atoms with Gasteiger partial charge in [0.25, 0.3) is 0 Å². The first-order valence-electron chi connectivity index (χ1n) is 7.02. The summed E-state index contributed by atoms with van der Waals surface area (Å²) in [5.41, 5.74) is 0.121. The summed E-state index contributed by atoms with van der Waals surface area (Å²) >= 11 is 5.88. The van der Waals surface area contributed by atoms with Crippen molar-refractivity contribution in [3.8, 4) is 0 Å². The van der Waals surface area contributed by atoms with E-state index in [1.165, 1.54) is 12.8 Å². The van der Waals surface area contributed by atoms with E-state index in [9.17, 15) is 4.79 Å². The lowest BCUT2D eigenvalue weighted by Gasteiger charge is -2.40. The van der Waals surface area contributed by atoms with Crippen LogP contribution in [0.3, 0.4) is 0 Å². The highest BCUT2D eigenvalue weighted by Crippen LogP contribution is 2.65. The summed E-state index contributed by atoms with van der Waals surface area (Å²) in [5, 5.41) is 3.27. The Bertz CT molecular complexity index is 364. The van der Waals surface area contributed by atoms with Crippen molar-refractivity contribution in [1.82, 2.24) is 5.32 Å². The van der Waals surface area contributed by atoms with Gasteiger partial charge in [-0.2, -0.15) is 0 Å². The minimum Gasteiger partial charge on any atom is -0.352 e. The molecular weight excluding hydrogens is 246 g/mol. The zero-order valence-electron chi connectivity index (χ0n) is 12.3. The smallest absolute Gasteiger partial charge is 0.227 e. The van der Waals surface area contributed by atoms with Gasteiger partial charge in [-0.25, -0.2) is 0 Å². The second kappa shape index (κ2) is 4.13. The molecule has 0 aromatic rings. The summed E-state index contributed by atoms with van der Waals surface area (Å²) in [5.74, 6) is 1.23. The first kappa shape index (κ1) is 14.2. The molecular formula is C15H26ClNO. The molecule has 1 amide bonds. The molecule has 0 heterocycles. The molecule has 0 aliphatic heterocycles. The van der Waals surface area contributed by atoms with E-state index in [-0.39, 0.29) is 11.3 Å². The lowest BCUT2D eigenvalue weighted by molar-refractivity contribution is -0.130. The molecule has 2 aliphatic rings. The highest BCUT2D eigenvalue weighted by atomic mass is 35.5. The zero-order valence-corrected chi connectivity index (χ0v) is 13.0. The molecule has 104 valence electrons. The van der Waals surface area contributed by atoms with Gasteiger partial charge in [0.15, 0.2) is 0 Å². The second-order valence-corrected chi connectivity index (χ2v) is 7.92. The van der Waals surface area contributed by atoms with Crippen LogP contribution in [0.25, 0.3) is 0 Å². The molecule has 0 aromatic heterocycles. The molecule has 0 saturated heterocycles. The minimum absolute atomic E-state index is 0.104. The molecule has 2 rings (SSSR count). The van der Waals surface area contributed by atoms with E-state index < -0.39 is 5.41 Å². The van der Waals surface area contributed by atoms with Gasteiger partial charge >= 0.3 is 0 Å². The molecule has 2 bridgehead atoms. The number of alkyl halides is 1. The Morgan fingerprint density at radius 3 is 2.39 bits per heavy atom. The van der Waals surface area contributed by atoms with Gasteiger partial charge in [-0.1, -0.05) is 20.8 Å². The normalized spacial score (nSPS) is 37.9. The number of halogens is 1. The molecule has 2 saturated carbocycles. The van der Waals surface area contributed by atoms with E-state index in [2.05, 4.69) is 26.1 Å². The lowest BCUT2D eigenvalue weighted by Crippen LogP contribution is -2.50. The van der Waals surface area contributed by atoms with Crippen LogP contribution < -0.4 is 5.32 Å². The average Bonchev–Trinajstić information content (AvgIpc) is 2.62. The van der Waals surface area contributed by atoms with E-state index in [0.29, 0.717) is 17.3 Å². The first-order chi connectivity index (χ1) is 8.15. The van der Waals surface area contributed by atoms with Gasteiger partial charge in [-0.15, -0.1) is 11.6 Å². The molecule has 2 nitrogen and oxygen atoms in total. The number of carbonyl (C=O) groups excluding carboxylic acids is 1. The van der Waals surface area contributed by atoms with Crippen LogP contribution in [0.15, 0.2) is 0 Å². The van der Waals surface area contributed by atoms with E-state index in [4.69, 9.17) is 11.6 Å². The van der Waals surface area contributed by atoms with Gasteiger partial charge in [0.1, 0.15) is 0 Å². The van der Waals surface area contributed by atoms with Crippen molar-refractivity contribution in [2.75, 3.05) is 5.88 Å². The zero-order chi connectivity index (χ0) is 13.8. The summed E-state index contributed by atoms with van der Waals surface area (Å²) in [7, 11) is 0. The van der Waals surface area contributed by atoms with E-state index in [1.807, 2.05) is 13.8 Å². The maximum absolute atomic E-state index is 12.3. The summed E-state index contributed by atoms with van der Waals surface area (Å²) in [6.45, 7) is 10.9. The molecule has 3 unspecified atom stereocenters. The molecule has 0 spiro atoms. The van der Waals surface area contributed by atoms with Crippen LogP contribution in [0.1, 0.15) is 53.9 Å². The Labute approximate surface area is 116 Å². The standard InChI is InChI=1S/C15H26ClNO/c1-13(2,9-16)12(18)17-11-8-10-6-7-15(11,5)14(10,3)4/h10-11H,6-9H2,1-5H3,(H,17,18). The topological polar surface area (TPSA) is 29.1 Å². The number of hydrogen-bond donors (Lipinski definition) is 1. The van der Waals surface area contributed by atoms with E-state index >= 15 is 0 Å². The Morgan fingerprint density at radius 2 is 2.00 bits per heavy atom. The molecule has 0 aromatic carbocycles. The predicted octanol–water partition coefficient (Wildman–Crippen LogP) is 3.58. The third-order valence-corrected chi connectivity index (χ3v) is 6.72. The highest BCUT2D eigenvalue weighted by molar-refractivity contribution is 6.19. The van der Waals surface area contributed by atoms with Crippen LogP contribution in [0.4, 0.5) is 0 Å². The van der Waals surface area contributed by atoms with E-state index in [0.717, 1.165) is 12.3 Å². The van der Waals surface area contributed by atoms with Crippen molar-refractivity contribution in [3.05, 3.63) is 0 Å². The minimum atomic E-state index is -0.468. The van der Waals surface area contributed by atoms with Gasteiger partial charge < -0.3 is 5.32 Å². The molecule has 1 N–H and O–H groups in total. The Kier molecular flexibility index (Phi) is 3.25. The van der Waals surface area contributed by atoms with Gasteiger partial charge in [0.2, 0.25) is 5.91 Å². The van der Waals surface area contributed by atoms with Crippen LogP contribution in [0, 0.1) is 22.2 Å². The van der Waals surface area contributed by atoms with Gasteiger partial charge in [-0.3, -0.25) is 4.79 Å². The third kappa shape index (κ3) is 1.79. The fourth-order valence-electron chi connectivity index (χ4n) is 3.84. The van der Waals surface area contributed by atoms with Crippen LogP contribution in [0.2, 0.25) is 0 Å². The molecule has 2 aliphatic carbocycles. The lowest BCUT2D eigenvalue weighted by atomic mass is 9.69. The van der Waals surface area contributed by atoms with Crippen molar-refractivity contribution < 1.29 is 4.79 Å². The van der Waals surface area contributed by atoms with Crippen LogP contribution in [-0.2, 0) is 4.79 Å². The maximum Gasteiger partial charge on any atom is 0.227 e. The SMILES string of the molecule is CC(C)(CCl)C(=O)NC1CC2CCC1(C)C2(C)C. The number of nitrogens with one attached hydrogen (secondary N) is 1. The highest BCUT2D eigenvalue weighted by Gasteiger charge is 2.61. The number of rotatable bonds is 3. The molecule has 3 atom stereocenters. The average molecular weight is 272 g/mol. The van der Waals surface area contributed by atoms with Gasteiger partial charge in [0, 0.05) is 11.9 Å². The molecule has 2 fully saturated rings. The quantitative estimate of drug-likeness (QED) is 0.781. The molecule has 18 heavy (non-hydrogen) atoms. The largest absolute Gasteiger partial charge is 0.352 e. The van der Waals surface area contributed by atoms with E-state index in [1.54, 1.807) is 0 Å². The Morgan fingerprint density at radius 1 is 1.39 bits per heavy atom. The summed E-state index contributed by atoms with van der Waals surface area (Å²) < 4.78 is 0. The van der Waals surface area contributed by atoms with Crippen LogP contribution in [-0.4, -0.2) is 17.8 Å². The van der Waals surface area contributed by atoms with Gasteiger partial charge in [0.05, 0.1) is 5.41 Å². The number of fused-ring (bicyclic) bond motifs is 2. The van der Waals surface area contributed by atoms with Crippen LogP contribution in [0.5, 0.6) is 0 Å². The van der Waals surface area contributed by atoms with Crippen molar-refractivity contribution in [1.29, 1.82) is 0 Å². The maximum atomic E-state index is 12.3. The van der Waals surface area contributed by atoms with Crippen molar-refractivity contribution in [3.63, 3.8) is 0 Å². The van der Waals surface area contributed by atoms with Gasteiger partial charge in [-0.05, 0) is 49.9 Å². The van der Waals surface area contributed by atoms with Crippen molar-refractivity contribution in [2.45, 2.75) is 59.9 Å². The number of hydrogen-bond acceptors (Lipinski definition) is 1. The van der Waals surface area contributed by atoms with Crippen LogP contribution >= 0.6 is 11.6 Å². The fraction of sp³-hybridized carbons (Fsp3) is 0.933. The summed E-state index contributed by atoms with van der Waals surface area (Å²) in [4.78, 5) is 12.3. The second-order valence-electron chi connectivity index (χ2n) is 7.65. The predicted molar refractivity (Wildman–Crippen MR) is 75.7 cm³/mol. The van der Waals surface area contributed by atoms with Crippen molar-refractivity contribution in [2.24, 2.45) is 22.2 Å². The first-order valence-corrected chi connectivity index (χ1v) is 7.55. The Hall–Kier alpha value is -0.240. The molecule has 3 heteroatoms. The fourth-order valence-corrected chi connectivity index (χ4v) is 3.96. The third-order valence-electron chi connectivity index (χ3n) is 6.05. The number of carbonyl (C=O) groups is 1. The Balaban J connectivity index is 2.12. The monoisotopic (exact) mass is 271 g/mol. The van der Waals surface area contributed by atoms with Crippen molar-refractivity contribution >= 4 is 17.5 Å².